The van der Waals surface area contributed by atoms with Gasteiger partial charge in [-0.25, -0.2) is 4.98 Å². The number of hydrogen-bond acceptors (Lipinski definition) is 5. The zero-order valence-corrected chi connectivity index (χ0v) is 17.1. The molecule has 1 amide bonds. The highest BCUT2D eigenvalue weighted by Crippen LogP contribution is 2.28. The number of benzene rings is 1. The van der Waals surface area contributed by atoms with Gasteiger partial charge in [0.15, 0.2) is 0 Å². The molecule has 1 unspecified atom stereocenters. The van der Waals surface area contributed by atoms with E-state index in [0.29, 0.717) is 18.9 Å². The lowest BCUT2D eigenvalue weighted by molar-refractivity contribution is -0.125. The van der Waals surface area contributed by atoms with Crippen LogP contribution < -0.4 is 10.2 Å². The fourth-order valence-corrected chi connectivity index (χ4v) is 4.21. The molecule has 3 heterocycles. The van der Waals surface area contributed by atoms with E-state index in [1.807, 2.05) is 29.6 Å². The van der Waals surface area contributed by atoms with Gasteiger partial charge in [-0.15, -0.1) is 0 Å². The topological polar surface area (TPSA) is 75.4 Å². The number of carbonyl (C=O) groups excluding carboxylic acids is 1. The molecule has 0 aliphatic carbocycles. The van der Waals surface area contributed by atoms with Gasteiger partial charge < -0.3 is 10.2 Å². The summed E-state index contributed by atoms with van der Waals surface area (Å²) >= 11 is 0. The fraction of sp³-hybridized carbons (Fsp3) is 0.455. The average molecular weight is 393 g/mol. The number of fused-ring (bicyclic) bond motifs is 1. The third-order valence-electron chi connectivity index (χ3n) is 5.71. The Kier molecular flexibility index (Phi) is 5.74. The Labute approximate surface area is 171 Å². The SMILES string of the molecule is CCc1c(C)nc2ncnn2c1N1CCCC(C(=O)NCCc2ccccc2)C1. The van der Waals surface area contributed by atoms with E-state index in [1.165, 1.54) is 11.1 Å². The largest absolute Gasteiger partial charge is 0.355 e. The predicted octanol–water partition coefficient (Wildman–Crippen LogP) is 2.57. The Balaban J connectivity index is 1.46. The van der Waals surface area contributed by atoms with Crippen molar-refractivity contribution in [2.75, 3.05) is 24.5 Å². The molecule has 2 aromatic heterocycles. The molecule has 3 aromatic rings. The van der Waals surface area contributed by atoms with Crippen LogP contribution in [0, 0.1) is 12.8 Å². The minimum absolute atomic E-state index is 0.0173. The Morgan fingerprint density at radius 2 is 2.10 bits per heavy atom. The van der Waals surface area contributed by atoms with E-state index in [-0.39, 0.29) is 11.8 Å². The second-order valence-electron chi connectivity index (χ2n) is 7.64. The van der Waals surface area contributed by atoms with Crippen molar-refractivity contribution in [3.05, 3.63) is 53.5 Å². The molecule has 7 heteroatoms. The van der Waals surface area contributed by atoms with Crippen LogP contribution in [0.3, 0.4) is 0 Å². The summed E-state index contributed by atoms with van der Waals surface area (Å²) in [7, 11) is 0. The first kappa shape index (κ1) is 19.4. The van der Waals surface area contributed by atoms with E-state index in [2.05, 4.69) is 44.3 Å². The number of nitrogens with zero attached hydrogens (tertiary/aromatic N) is 5. The summed E-state index contributed by atoms with van der Waals surface area (Å²) in [6, 6.07) is 10.3. The first-order valence-corrected chi connectivity index (χ1v) is 10.4. The molecule has 0 spiro atoms. The van der Waals surface area contributed by atoms with E-state index in [4.69, 9.17) is 0 Å². The van der Waals surface area contributed by atoms with Crippen LogP contribution in [0.4, 0.5) is 5.82 Å². The molecule has 7 nitrogen and oxygen atoms in total. The zero-order chi connectivity index (χ0) is 20.2. The van der Waals surface area contributed by atoms with Crippen LogP contribution in [0.5, 0.6) is 0 Å². The van der Waals surface area contributed by atoms with Gasteiger partial charge >= 0.3 is 0 Å². The number of anilines is 1. The van der Waals surface area contributed by atoms with Crippen molar-refractivity contribution in [1.29, 1.82) is 0 Å². The number of piperidine rings is 1. The normalized spacial score (nSPS) is 16.9. The van der Waals surface area contributed by atoms with E-state index in [9.17, 15) is 4.79 Å². The number of amides is 1. The number of hydrogen-bond donors (Lipinski definition) is 1. The standard InChI is InChI=1S/C22H28N6O/c1-3-19-16(2)26-22-24-15-25-28(22)21(19)27-13-7-10-18(14-27)20(29)23-12-11-17-8-5-4-6-9-17/h4-6,8-9,15,18H,3,7,10-14H2,1-2H3,(H,23,29). The molecule has 1 aliphatic rings. The second-order valence-corrected chi connectivity index (χ2v) is 7.64. The number of aryl methyl sites for hydroxylation is 1. The predicted molar refractivity (Wildman–Crippen MR) is 113 cm³/mol. The molecule has 4 rings (SSSR count). The quantitative estimate of drug-likeness (QED) is 0.698. The minimum atomic E-state index is -0.0173. The first-order valence-electron chi connectivity index (χ1n) is 10.4. The Morgan fingerprint density at radius 1 is 1.28 bits per heavy atom. The Bertz CT molecular complexity index is 984. The number of nitrogens with one attached hydrogen (secondary N) is 1. The summed E-state index contributed by atoms with van der Waals surface area (Å²) in [4.78, 5) is 23.9. The molecule has 0 bridgehead atoms. The smallest absolute Gasteiger partial charge is 0.254 e. The summed E-state index contributed by atoms with van der Waals surface area (Å²) in [5.41, 5.74) is 3.40. The van der Waals surface area contributed by atoms with Crippen LogP contribution in [-0.4, -0.2) is 45.1 Å². The van der Waals surface area contributed by atoms with Gasteiger partial charge in [-0.1, -0.05) is 37.3 Å². The Morgan fingerprint density at radius 3 is 2.90 bits per heavy atom. The maximum Gasteiger partial charge on any atom is 0.254 e. The van der Waals surface area contributed by atoms with Crippen molar-refractivity contribution < 1.29 is 4.79 Å². The molecule has 1 aliphatic heterocycles. The number of aromatic nitrogens is 4. The summed E-state index contributed by atoms with van der Waals surface area (Å²) in [5.74, 6) is 1.78. The van der Waals surface area contributed by atoms with Gasteiger partial charge in [0.2, 0.25) is 5.91 Å². The van der Waals surface area contributed by atoms with Crippen LogP contribution in [0.1, 0.15) is 36.6 Å². The third kappa shape index (κ3) is 4.09. The first-order chi connectivity index (χ1) is 14.2. The van der Waals surface area contributed by atoms with Gasteiger partial charge in [0, 0.05) is 30.9 Å². The summed E-state index contributed by atoms with van der Waals surface area (Å²) < 4.78 is 1.82. The fourth-order valence-electron chi connectivity index (χ4n) is 4.21. The number of rotatable bonds is 6. The van der Waals surface area contributed by atoms with Gasteiger partial charge in [0.05, 0.1) is 5.92 Å². The van der Waals surface area contributed by atoms with Crippen molar-refractivity contribution in [3.8, 4) is 0 Å². The molecule has 1 saturated heterocycles. The van der Waals surface area contributed by atoms with Gasteiger partial charge in [-0.3, -0.25) is 4.79 Å². The second kappa shape index (κ2) is 8.59. The highest BCUT2D eigenvalue weighted by atomic mass is 16.1. The van der Waals surface area contributed by atoms with Crippen molar-refractivity contribution >= 4 is 17.5 Å². The van der Waals surface area contributed by atoms with Crippen LogP contribution in [-0.2, 0) is 17.6 Å². The minimum Gasteiger partial charge on any atom is -0.355 e. The molecular formula is C22H28N6O. The number of carbonyl (C=O) groups is 1. The molecule has 152 valence electrons. The molecule has 1 fully saturated rings. The van der Waals surface area contributed by atoms with Crippen molar-refractivity contribution in [3.63, 3.8) is 0 Å². The zero-order valence-electron chi connectivity index (χ0n) is 17.1. The highest BCUT2D eigenvalue weighted by Gasteiger charge is 2.29. The lowest BCUT2D eigenvalue weighted by atomic mass is 9.96. The van der Waals surface area contributed by atoms with E-state index in [1.54, 1.807) is 6.33 Å². The molecule has 0 radical (unpaired) electrons. The van der Waals surface area contributed by atoms with Gasteiger partial charge in [0.25, 0.3) is 5.78 Å². The summed E-state index contributed by atoms with van der Waals surface area (Å²) in [5, 5.41) is 7.53. The molecule has 1 N–H and O–H groups in total. The molecule has 0 saturated carbocycles. The van der Waals surface area contributed by atoms with Gasteiger partial charge in [-0.2, -0.15) is 14.6 Å². The lowest BCUT2D eigenvalue weighted by Gasteiger charge is -2.35. The van der Waals surface area contributed by atoms with Crippen molar-refractivity contribution in [2.45, 2.75) is 39.5 Å². The maximum absolute atomic E-state index is 12.8. The van der Waals surface area contributed by atoms with E-state index in [0.717, 1.165) is 43.7 Å². The molecular weight excluding hydrogens is 364 g/mol. The third-order valence-corrected chi connectivity index (χ3v) is 5.71. The average Bonchev–Trinajstić information content (AvgIpc) is 3.21. The van der Waals surface area contributed by atoms with E-state index < -0.39 is 0 Å². The highest BCUT2D eigenvalue weighted by molar-refractivity contribution is 5.79. The van der Waals surface area contributed by atoms with Crippen molar-refractivity contribution in [2.24, 2.45) is 5.92 Å². The summed E-state index contributed by atoms with van der Waals surface area (Å²) in [6.45, 7) is 6.44. The Hall–Kier alpha value is -2.96. The molecule has 1 atom stereocenters. The van der Waals surface area contributed by atoms with Crippen molar-refractivity contribution in [1.82, 2.24) is 24.9 Å². The summed E-state index contributed by atoms with van der Waals surface area (Å²) in [6.07, 6.45) is 5.17. The molecule has 1 aromatic carbocycles. The van der Waals surface area contributed by atoms with E-state index >= 15 is 0 Å². The van der Waals surface area contributed by atoms with Crippen LogP contribution in [0.15, 0.2) is 36.7 Å². The van der Waals surface area contributed by atoms with Crippen LogP contribution in [0.2, 0.25) is 0 Å². The van der Waals surface area contributed by atoms with Gasteiger partial charge in [-0.05, 0) is 38.2 Å². The lowest BCUT2D eigenvalue weighted by Crippen LogP contribution is -2.44. The maximum atomic E-state index is 12.8. The van der Waals surface area contributed by atoms with Crippen LogP contribution in [0.25, 0.3) is 5.78 Å². The van der Waals surface area contributed by atoms with Crippen LogP contribution >= 0.6 is 0 Å². The molecule has 29 heavy (non-hydrogen) atoms. The van der Waals surface area contributed by atoms with Gasteiger partial charge in [0.1, 0.15) is 12.1 Å². The monoisotopic (exact) mass is 392 g/mol.